The van der Waals surface area contributed by atoms with Gasteiger partial charge in [0.25, 0.3) is 0 Å². The molecule has 276 valence electrons. The lowest BCUT2D eigenvalue weighted by atomic mass is 9.88. The largest absolute Gasteiger partial charge is 0.307 e. The van der Waals surface area contributed by atoms with Crippen LogP contribution in [0.5, 0.6) is 0 Å². The van der Waals surface area contributed by atoms with E-state index in [-0.39, 0.29) is 0 Å². The van der Waals surface area contributed by atoms with Crippen molar-refractivity contribution in [2.24, 2.45) is 0 Å². The van der Waals surface area contributed by atoms with Gasteiger partial charge in [-0.25, -0.2) is 9.83 Å². The van der Waals surface area contributed by atoms with Crippen molar-refractivity contribution in [2.75, 3.05) is 0 Å². The van der Waals surface area contributed by atoms with E-state index in [1.165, 1.54) is 5.39 Å². The van der Waals surface area contributed by atoms with Gasteiger partial charge >= 0.3 is 0 Å². The van der Waals surface area contributed by atoms with Gasteiger partial charge in [-0.15, -0.1) is 0 Å². The molecule has 0 unspecified atom stereocenters. The summed E-state index contributed by atoms with van der Waals surface area (Å²) in [6, 6.07) is 65.4. The van der Waals surface area contributed by atoms with Gasteiger partial charge in [0, 0.05) is 38.9 Å². The molecule has 9 aromatic carbocycles. The molecule has 0 N–H and O–H groups in total. The number of fused-ring (bicyclic) bond motifs is 6. The van der Waals surface area contributed by atoms with E-state index in [0.717, 1.165) is 87.7 Å². The molecule has 12 rings (SSSR count). The summed E-state index contributed by atoms with van der Waals surface area (Å²) >= 11 is 0. The molecule has 0 saturated carbocycles. The smallest absolute Gasteiger partial charge is 0.220 e. The summed E-state index contributed by atoms with van der Waals surface area (Å²) in [5, 5.41) is 20.6. The van der Waals surface area contributed by atoms with E-state index in [1.54, 1.807) is 0 Å². The van der Waals surface area contributed by atoms with Gasteiger partial charge in [-0.1, -0.05) is 158 Å². The molecule has 0 atom stereocenters. The first kappa shape index (κ1) is 33.6. The Kier molecular flexibility index (Phi) is 7.29. The van der Waals surface area contributed by atoms with Gasteiger partial charge in [-0.05, 0) is 68.1 Å². The molecule has 0 radical (unpaired) electrons. The maximum atomic E-state index is 11.7. The molecule has 0 amide bonds. The molecule has 5 nitrogen and oxygen atoms in total. The van der Waals surface area contributed by atoms with Crippen LogP contribution in [0.3, 0.4) is 0 Å². The second-order valence-electron chi connectivity index (χ2n) is 15.2. The number of benzene rings is 9. The molecule has 0 fully saturated rings. The van der Waals surface area contributed by atoms with Crippen molar-refractivity contribution in [1.82, 2.24) is 14.1 Å². The fourth-order valence-electron chi connectivity index (χ4n) is 9.85. The summed E-state index contributed by atoms with van der Waals surface area (Å²) in [5.41, 5.74) is 11.1. The van der Waals surface area contributed by atoms with E-state index in [9.17, 15) is 5.26 Å². The first-order valence-electron chi connectivity index (χ1n) is 20.0. The third-order valence-corrected chi connectivity index (χ3v) is 12.2. The third kappa shape index (κ3) is 4.57. The summed E-state index contributed by atoms with van der Waals surface area (Å²) in [6.45, 7) is 9.13. The predicted octanol–water partition coefficient (Wildman–Crippen LogP) is 14.4. The second kappa shape index (κ2) is 13.0. The van der Waals surface area contributed by atoms with Crippen LogP contribution in [0.1, 0.15) is 5.56 Å². The van der Waals surface area contributed by atoms with Gasteiger partial charge in [0.1, 0.15) is 11.7 Å². The Hall–Kier alpha value is -8.51. The van der Waals surface area contributed by atoms with E-state index in [0.29, 0.717) is 28.2 Å². The number of rotatable bonds is 5. The zero-order valence-corrected chi connectivity index (χ0v) is 32.1. The third-order valence-electron chi connectivity index (χ3n) is 12.2. The van der Waals surface area contributed by atoms with Gasteiger partial charge in [0.15, 0.2) is 0 Å². The van der Waals surface area contributed by atoms with Crippen LogP contribution in [0.2, 0.25) is 0 Å². The molecule has 0 bridgehead atoms. The van der Waals surface area contributed by atoms with Crippen molar-refractivity contribution in [1.29, 1.82) is 5.26 Å². The maximum Gasteiger partial charge on any atom is 0.220 e. The first-order valence-corrected chi connectivity index (χ1v) is 20.0. The van der Waals surface area contributed by atoms with Crippen LogP contribution in [0.4, 0.5) is 5.69 Å². The van der Waals surface area contributed by atoms with Crippen molar-refractivity contribution in [3.05, 3.63) is 205 Å². The van der Waals surface area contributed by atoms with Crippen LogP contribution in [-0.4, -0.2) is 14.1 Å². The van der Waals surface area contributed by atoms with Crippen LogP contribution in [0.15, 0.2) is 188 Å². The van der Waals surface area contributed by atoms with Crippen molar-refractivity contribution in [2.45, 2.75) is 0 Å². The molecule has 0 aliphatic rings. The molecular weight excluding hydrogens is 731 g/mol. The molecule has 3 heterocycles. The monoisotopic (exact) mass is 761 g/mol. The van der Waals surface area contributed by atoms with Crippen LogP contribution in [0.25, 0.3) is 115 Å². The fraction of sp³-hybridized carbons (Fsp3) is 0. The highest BCUT2D eigenvalue weighted by atomic mass is 15.1. The molecule has 0 spiro atoms. The van der Waals surface area contributed by atoms with Crippen molar-refractivity contribution in [3.63, 3.8) is 0 Å². The first-order chi connectivity index (χ1) is 29.8. The topological polar surface area (TPSA) is 50.9 Å². The molecule has 5 heteroatoms. The fourth-order valence-corrected chi connectivity index (χ4v) is 9.85. The quantitative estimate of drug-likeness (QED) is 0.130. The summed E-state index contributed by atoms with van der Waals surface area (Å²) in [7, 11) is 0. The van der Waals surface area contributed by atoms with Crippen molar-refractivity contribution in [3.8, 4) is 50.8 Å². The summed E-state index contributed by atoms with van der Waals surface area (Å²) in [6.07, 6.45) is 1.88. The molecule has 0 aliphatic carbocycles. The molecule has 0 aliphatic heterocycles. The van der Waals surface area contributed by atoms with E-state index in [1.807, 2.05) is 60.8 Å². The lowest BCUT2D eigenvalue weighted by Crippen LogP contribution is -2.09. The Balaban J connectivity index is 1.37. The number of para-hydroxylation sites is 1. The van der Waals surface area contributed by atoms with Crippen LogP contribution in [-0.2, 0) is 0 Å². The summed E-state index contributed by atoms with van der Waals surface area (Å²) in [5.74, 6) is 0. The van der Waals surface area contributed by atoms with Crippen LogP contribution < -0.4 is 0 Å². The van der Waals surface area contributed by atoms with Crippen molar-refractivity contribution >= 4 is 71.0 Å². The number of nitrogens with zero attached hydrogens (tertiary/aromatic N) is 5. The van der Waals surface area contributed by atoms with Gasteiger partial charge < -0.3 is 9.13 Å². The zero-order valence-electron chi connectivity index (χ0n) is 32.1. The number of pyridine rings is 1. The average molecular weight is 762 g/mol. The number of hydrogen-bond acceptors (Lipinski definition) is 2. The highest BCUT2D eigenvalue weighted by molar-refractivity contribution is 6.34. The number of aromatic nitrogens is 3. The zero-order chi connectivity index (χ0) is 39.9. The molecule has 12 aromatic rings. The minimum Gasteiger partial charge on any atom is -0.307 e. The van der Waals surface area contributed by atoms with Crippen LogP contribution >= 0.6 is 0 Å². The highest BCUT2D eigenvalue weighted by Crippen LogP contribution is 2.53. The lowest BCUT2D eigenvalue weighted by Gasteiger charge is -2.25. The van der Waals surface area contributed by atoms with Gasteiger partial charge in [-0.2, -0.15) is 5.26 Å². The van der Waals surface area contributed by atoms with Gasteiger partial charge in [-0.3, -0.25) is 0 Å². The maximum absolute atomic E-state index is 11.7. The molecule has 3 aromatic heterocycles. The molecule has 60 heavy (non-hydrogen) atoms. The SMILES string of the molecule is [C-]#[N+]c1c(-c2ccccc2)c(C#N)c(-n2c3ccccc3c3c(-c4ccccc4)cccc32)c(-c2ccccc2)c1-n1c2cccc3c4ccccc4c4ccnc1c4c32. The van der Waals surface area contributed by atoms with Crippen molar-refractivity contribution < 1.29 is 0 Å². The second-order valence-corrected chi connectivity index (χ2v) is 15.2. The number of hydrogen-bond donors (Lipinski definition) is 0. The predicted molar refractivity (Wildman–Crippen MR) is 246 cm³/mol. The summed E-state index contributed by atoms with van der Waals surface area (Å²) in [4.78, 5) is 9.64. The normalized spacial score (nSPS) is 11.6. The van der Waals surface area contributed by atoms with E-state index in [4.69, 9.17) is 11.6 Å². The van der Waals surface area contributed by atoms with Gasteiger partial charge in [0.05, 0.1) is 40.1 Å². The Bertz CT molecular complexity index is 3680. The van der Waals surface area contributed by atoms with Crippen LogP contribution in [0, 0.1) is 17.9 Å². The highest BCUT2D eigenvalue weighted by Gasteiger charge is 2.32. The Morgan fingerprint density at radius 3 is 1.65 bits per heavy atom. The molecule has 0 saturated heterocycles. The molecular formula is C55H31N5. The Morgan fingerprint density at radius 1 is 0.450 bits per heavy atom. The average Bonchev–Trinajstić information content (AvgIpc) is 3.84. The van der Waals surface area contributed by atoms with Gasteiger partial charge in [0.2, 0.25) is 5.69 Å². The minimum absolute atomic E-state index is 0.388. The number of nitriles is 1. The standard InChI is InChI=1S/C55H31N5/c1-57-52-47(35-19-7-3-8-20-35)43(33-56)53(59-44-28-14-13-25-42(44)49-37(26-15-29-45(49)59)34-17-5-2-6-18-34)48(36-21-9-4-10-22-36)54(52)60-46-30-16-27-40-38-23-11-12-24-39(38)41-31-32-58-55(60)51(41)50(40)46/h2-32H. The summed E-state index contributed by atoms with van der Waals surface area (Å²) < 4.78 is 4.48. The van der Waals surface area contributed by atoms with E-state index >= 15 is 0 Å². The Morgan fingerprint density at radius 2 is 0.983 bits per heavy atom. The van der Waals surface area contributed by atoms with E-state index < -0.39 is 0 Å². The van der Waals surface area contributed by atoms with E-state index in [2.05, 4.69) is 147 Å². The minimum atomic E-state index is 0.388. The Labute approximate surface area is 345 Å². The lowest BCUT2D eigenvalue weighted by molar-refractivity contribution is 1.12.